The number of amides is 1. The molecule has 1 saturated heterocycles. The molecule has 11 heteroatoms. The van der Waals surface area contributed by atoms with Crippen molar-refractivity contribution in [3.63, 3.8) is 0 Å². The summed E-state index contributed by atoms with van der Waals surface area (Å²) in [5, 5.41) is 32.5. The molecule has 5 N–H and O–H groups in total. The number of aromatic hydroxyl groups is 1. The molecule has 0 bridgehead atoms. The van der Waals surface area contributed by atoms with E-state index in [1.807, 2.05) is 4.90 Å². The zero-order valence-corrected chi connectivity index (χ0v) is 20.4. The molecule has 8 nitrogen and oxygen atoms in total. The number of fused-ring (bicyclic) bond motifs is 3. The molecule has 202 valence electrons. The molecular formula is C27H27F3N2O6. The number of carbonyl (C=O) groups excluding carboxylic acids is 3. The van der Waals surface area contributed by atoms with E-state index in [9.17, 15) is 42.9 Å². The summed E-state index contributed by atoms with van der Waals surface area (Å²) in [6.45, 7) is 1.50. The van der Waals surface area contributed by atoms with Gasteiger partial charge in [0.2, 0.25) is 0 Å². The molecule has 3 aliphatic carbocycles. The fourth-order valence-corrected chi connectivity index (χ4v) is 6.54. The number of hydrogen-bond acceptors (Lipinski definition) is 7. The summed E-state index contributed by atoms with van der Waals surface area (Å²) in [5.41, 5.74) is 3.56. The third-order valence-corrected chi connectivity index (χ3v) is 8.21. The predicted molar refractivity (Wildman–Crippen MR) is 129 cm³/mol. The van der Waals surface area contributed by atoms with E-state index in [1.54, 1.807) is 0 Å². The average molecular weight is 533 g/mol. The number of likely N-dealkylation sites (tertiary alicyclic amines) is 1. The van der Waals surface area contributed by atoms with Crippen LogP contribution in [-0.4, -0.2) is 50.8 Å². The summed E-state index contributed by atoms with van der Waals surface area (Å²) in [6.07, 6.45) is 0.0382. The van der Waals surface area contributed by atoms with Crippen LogP contribution >= 0.6 is 0 Å². The van der Waals surface area contributed by atoms with Gasteiger partial charge >= 0.3 is 6.08 Å². The SMILES string of the molecule is NC(=O)C1=C(O)CC2CC3Cc4c(C(F)=C(F)F)cc(CN5CCCCC5)c(O)c4C(=O)C3=C(O)C2C1=O. The second kappa shape index (κ2) is 9.61. The number of piperidine rings is 1. The number of allylic oxidation sites excluding steroid dienone is 3. The molecule has 1 aliphatic heterocycles. The van der Waals surface area contributed by atoms with E-state index in [0.717, 1.165) is 25.3 Å². The van der Waals surface area contributed by atoms with Crippen molar-refractivity contribution in [3.8, 4) is 5.75 Å². The van der Waals surface area contributed by atoms with Gasteiger partial charge in [-0.15, -0.1) is 0 Å². The quantitative estimate of drug-likeness (QED) is 0.430. The van der Waals surface area contributed by atoms with E-state index in [1.165, 1.54) is 0 Å². The maximum Gasteiger partial charge on any atom is 0.306 e. The number of primary amides is 1. The molecule has 0 radical (unpaired) electrons. The normalized spacial score (nSPS) is 25.6. The Morgan fingerprint density at radius 1 is 1.05 bits per heavy atom. The summed E-state index contributed by atoms with van der Waals surface area (Å²) in [5.74, 6) is -9.12. The molecule has 0 aromatic heterocycles. The van der Waals surface area contributed by atoms with Crippen molar-refractivity contribution < 1.29 is 42.9 Å². The number of halogens is 3. The minimum Gasteiger partial charge on any atom is -0.511 e. The van der Waals surface area contributed by atoms with Gasteiger partial charge in [-0.3, -0.25) is 19.3 Å². The van der Waals surface area contributed by atoms with Crippen LogP contribution in [0.2, 0.25) is 0 Å². The molecule has 38 heavy (non-hydrogen) atoms. The number of Topliss-reactive ketones (excluding diaryl/α,β-unsaturated/α-hetero) is 2. The van der Waals surface area contributed by atoms with Crippen LogP contribution in [-0.2, 0) is 22.6 Å². The smallest absolute Gasteiger partial charge is 0.306 e. The Labute approximate surface area is 215 Å². The number of aliphatic hydroxyl groups is 2. The number of phenolic OH excluding ortho intramolecular Hbond substituents is 1. The summed E-state index contributed by atoms with van der Waals surface area (Å²) >= 11 is 0. The second-order valence-corrected chi connectivity index (χ2v) is 10.5. The van der Waals surface area contributed by atoms with Crippen LogP contribution in [0.25, 0.3) is 5.83 Å². The molecular weight excluding hydrogens is 505 g/mol. The molecule has 4 aliphatic rings. The van der Waals surface area contributed by atoms with Gasteiger partial charge in [-0.1, -0.05) is 6.42 Å². The molecule has 3 atom stereocenters. The van der Waals surface area contributed by atoms with Crippen molar-refractivity contribution in [3.05, 3.63) is 57.1 Å². The highest BCUT2D eigenvalue weighted by Crippen LogP contribution is 2.51. The fourth-order valence-electron chi connectivity index (χ4n) is 6.54. The number of carbonyl (C=O) groups is 3. The zero-order chi connectivity index (χ0) is 27.5. The molecule has 1 aromatic rings. The van der Waals surface area contributed by atoms with Gasteiger partial charge in [-0.25, -0.2) is 4.39 Å². The van der Waals surface area contributed by atoms with Crippen LogP contribution in [0.5, 0.6) is 5.75 Å². The van der Waals surface area contributed by atoms with Gasteiger partial charge in [0.15, 0.2) is 17.4 Å². The average Bonchev–Trinajstić information content (AvgIpc) is 2.85. The van der Waals surface area contributed by atoms with Gasteiger partial charge in [0, 0.05) is 29.7 Å². The van der Waals surface area contributed by atoms with Crippen LogP contribution < -0.4 is 5.73 Å². The standard InChI is InChI=1S/C27H27F3N2O6/c28-21(26(29)30)15-8-13(10-32-4-2-1-3-5-32)22(34)19-14(15)7-11-6-12-9-16(33)20(27(31)38)25(37)18(12)23(35)17(11)24(19)36/h8,11-12,18,33-35H,1-7,9-10H2,(H2,31,38). The Hall–Kier alpha value is -3.60. The van der Waals surface area contributed by atoms with Crippen LogP contribution in [0.3, 0.4) is 0 Å². The van der Waals surface area contributed by atoms with Crippen molar-refractivity contribution in [2.45, 2.75) is 45.1 Å². The lowest BCUT2D eigenvalue weighted by molar-refractivity contribution is -0.126. The Morgan fingerprint density at radius 2 is 1.74 bits per heavy atom. The van der Waals surface area contributed by atoms with Gasteiger partial charge in [-0.2, -0.15) is 8.78 Å². The largest absolute Gasteiger partial charge is 0.511 e. The highest BCUT2D eigenvalue weighted by molar-refractivity contribution is 6.22. The van der Waals surface area contributed by atoms with Crippen molar-refractivity contribution >= 4 is 23.3 Å². The lowest BCUT2D eigenvalue weighted by atomic mass is 9.62. The second-order valence-electron chi connectivity index (χ2n) is 10.5. The number of ketones is 2. The predicted octanol–water partition coefficient (Wildman–Crippen LogP) is 3.99. The van der Waals surface area contributed by atoms with E-state index in [-0.39, 0.29) is 48.1 Å². The van der Waals surface area contributed by atoms with Gasteiger partial charge in [0.05, 0.1) is 11.5 Å². The van der Waals surface area contributed by atoms with Gasteiger partial charge < -0.3 is 21.1 Å². The molecule has 0 spiro atoms. The van der Waals surface area contributed by atoms with Gasteiger partial charge in [0.1, 0.15) is 22.8 Å². The van der Waals surface area contributed by atoms with E-state index in [2.05, 4.69) is 0 Å². The Kier molecular flexibility index (Phi) is 6.58. The lowest BCUT2D eigenvalue weighted by Gasteiger charge is -2.41. The number of benzene rings is 1. The Morgan fingerprint density at radius 3 is 2.37 bits per heavy atom. The van der Waals surface area contributed by atoms with Gasteiger partial charge in [-0.05, 0) is 62.2 Å². The van der Waals surface area contributed by atoms with E-state index >= 15 is 0 Å². The maximum absolute atomic E-state index is 14.8. The van der Waals surface area contributed by atoms with Crippen molar-refractivity contribution in [2.24, 2.45) is 23.5 Å². The molecule has 1 fully saturated rings. The summed E-state index contributed by atoms with van der Waals surface area (Å²) in [4.78, 5) is 40.5. The van der Waals surface area contributed by atoms with Gasteiger partial charge in [0.25, 0.3) is 5.91 Å². The topological polar surface area (TPSA) is 141 Å². The first-order valence-electron chi connectivity index (χ1n) is 12.6. The molecule has 3 unspecified atom stereocenters. The third kappa shape index (κ3) is 4.09. The van der Waals surface area contributed by atoms with Crippen LogP contribution in [0.15, 0.2) is 34.8 Å². The molecule has 1 amide bonds. The molecule has 1 aromatic carbocycles. The Bertz CT molecular complexity index is 1350. The van der Waals surface area contributed by atoms with Crippen molar-refractivity contribution in [1.82, 2.24) is 4.90 Å². The number of phenols is 1. The highest BCUT2D eigenvalue weighted by Gasteiger charge is 2.50. The maximum atomic E-state index is 14.8. The number of aliphatic hydroxyl groups excluding tert-OH is 2. The monoisotopic (exact) mass is 532 g/mol. The fraction of sp³-hybridized carbons (Fsp3) is 0.444. The lowest BCUT2D eigenvalue weighted by Crippen LogP contribution is -2.43. The van der Waals surface area contributed by atoms with Crippen LogP contribution in [0, 0.1) is 17.8 Å². The Balaban J connectivity index is 1.64. The molecule has 5 rings (SSSR count). The third-order valence-electron chi connectivity index (χ3n) is 8.21. The summed E-state index contributed by atoms with van der Waals surface area (Å²) < 4.78 is 41.7. The first kappa shape index (κ1) is 26.0. The molecule has 0 saturated carbocycles. The first-order chi connectivity index (χ1) is 18.0. The van der Waals surface area contributed by atoms with E-state index in [0.29, 0.717) is 13.1 Å². The van der Waals surface area contributed by atoms with Crippen LogP contribution in [0.4, 0.5) is 13.2 Å². The summed E-state index contributed by atoms with van der Waals surface area (Å²) in [7, 11) is 0. The number of hydrogen-bond donors (Lipinski definition) is 4. The number of nitrogens with two attached hydrogens (primary N) is 1. The highest BCUT2D eigenvalue weighted by atomic mass is 19.3. The van der Waals surface area contributed by atoms with Crippen LogP contribution in [0.1, 0.15) is 59.2 Å². The van der Waals surface area contributed by atoms with Crippen molar-refractivity contribution in [1.29, 1.82) is 0 Å². The first-order valence-corrected chi connectivity index (χ1v) is 12.6. The zero-order valence-electron chi connectivity index (χ0n) is 20.4. The summed E-state index contributed by atoms with van der Waals surface area (Å²) in [6, 6.07) is 1.16. The number of rotatable bonds is 4. The minimum absolute atomic E-state index is 0.0796. The minimum atomic E-state index is -2.56. The molecule has 1 heterocycles. The van der Waals surface area contributed by atoms with E-state index < -0.39 is 75.5 Å². The number of nitrogens with zero attached hydrogens (tertiary/aromatic N) is 1. The van der Waals surface area contributed by atoms with Crippen molar-refractivity contribution in [2.75, 3.05) is 13.1 Å². The van der Waals surface area contributed by atoms with E-state index in [4.69, 9.17) is 5.73 Å².